The second kappa shape index (κ2) is 8.23. The van der Waals surface area contributed by atoms with Gasteiger partial charge in [0.25, 0.3) is 5.91 Å². The summed E-state index contributed by atoms with van der Waals surface area (Å²) >= 11 is 0. The monoisotopic (exact) mass is 356 g/mol. The minimum absolute atomic E-state index is 0.0688. The number of hydrogen-bond acceptors (Lipinski definition) is 4. The third-order valence-electron chi connectivity index (χ3n) is 5.50. The molecule has 2 saturated heterocycles. The number of morpholine rings is 1. The summed E-state index contributed by atoms with van der Waals surface area (Å²) in [4.78, 5) is 16.9. The predicted octanol–water partition coefficient (Wildman–Crippen LogP) is 2.58. The van der Waals surface area contributed by atoms with Crippen LogP contribution in [-0.4, -0.2) is 67.7 Å². The number of nitrogens with zero attached hydrogens (tertiary/aromatic N) is 2. The van der Waals surface area contributed by atoms with Crippen LogP contribution >= 0.6 is 0 Å². The van der Waals surface area contributed by atoms with E-state index in [0.717, 1.165) is 24.8 Å². The molecule has 2 fully saturated rings. The molecule has 1 aromatic rings. The Morgan fingerprint density at radius 3 is 2.81 bits per heavy atom. The first-order chi connectivity index (χ1) is 12.8. The zero-order valence-electron chi connectivity index (χ0n) is 15.3. The quantitative estimate of drug-likeness (QED) is 0.761. The molecule has 2 heterocycles. The zero-order valence-corrected chi connectivity index (χ0v) is 15.3. The molecule has 1 amide bonds. The van der Waals surface area contributed by atoms with E-state index in [4.69, 9.17) is 9.47 Å². The number of ether oxygens (including phenoxy) is 2. The van der Waals surface area contributed by atoms with Crippen LogP contribution in [0.2, 0.25) is 0 Å². The van der Waals surface area contributed by atoms with Crippen LogP contribution in [0.25, 0.3) is 0 Å². The Morgan fingerprint density at radius 1 is 1.19 bits per heavy atom. The lowest BCUT2D eigenvalue weighted by Gasteiger charge is -2.41. The van der Waals surface area contributed by atoms with E-state index in [0.29, 0.717) is 31.9 Å². The van der Waals surface area contributed by atoms with Gasteiger partial charge in [0.15, 0.2) is 0 Å². The molecule has 1 unspecified atom stereocenters. The SMILES string of the molecule is O=C(c1cccc(OC2CN(CC3CC=CCC3)C2)c1)N1CCOCC1. The van der Waals surface area contributed by atoms with Gasteiger partial charge in [-0.15, -0.1) is 0 Å². The summed E-state index contributed by atoms with van der Waals surface area (Å²) in [6.07, 6.45) is 8.60. The number of carbonyl (C=O) groups is 1. The maximum Gasteiger partial charge on any atom is 0.254 e. The van der Waals surface area contributed by atoms with Crippen molar-refractivity contribution in [1.82, 2.24) is 9.80 Å². The Labute approximate surface area is 155 Å². The average Bonchev–Trinajstić information content (AvgIpc) is 2.67. The van der Waals surface area contributed by atoms with Crippen LogP contribution in [0.4, 0.5) is 0 Å². The van der Waals surface area contributed by atoms with Crippen LogP contribution < -0.4 is 4.74 Å². The van der Waals surface area contributed by atoms with Gasteiger partial charge >= 0.3 is 0 Å². The van der Waals surface area contributed by atoms with E-state index in [1.54, 1.807) is 0 Å². The molecular formula is C21H28N2O3. The molecule has 0 N–H and O–H groups in total. The predicted molar refractivity (Wildman–Crippen MR) is 101 cm³/mol. The standard InChI is InChI=1S/C21H28N2O3/c24-21(23-9-11-25-12-10-23)18-7-4-8-19(13-18)26-20-15-22(16-20)14-17-5-2-1-3-6-17/h1-2,4,7-8,13,17,20H,3,5-6,9-12,14-16H2. The van der Waals surface area contributed by atoms with Crippen molar-refractivity contribution in [3.63, 3.8) is 0 Å². The molecular weight excluding hydrogens is 328 g/mol. The van der Waals surface area contributed by atoms with Crippen molar-refractivity contribution in [3.05, 3.63) is 42.0 Å². The van der Waals surface area contributed by atoms with Crippen molar-refractivity contribution >= 4 is 5.91 Å². The highest BCUT2D eigenvalue weighted by molar-refractivity contribution is 5.94. The molecule has 0 aromatic heterocycles. The van der Waals surface area contributed by atoms with Gasteiger partial charge in [-0.2, -0.15) is 0 Å². The summed E-state index contributed by atoms with van der Waals surface area (Å²) < 4.78 is 11.4. The third kappa shape index (κ3) is 4.27. The fourth-order valence-corrected chi connectivity index (χ4v) is 3.98. The lowest BCUT2D eigenvalue weighted by molar-refractivity contribution is 0.00921. The van der Waals surface area contributed by atoms with Crippen LogP contribution in [0.5, 0.6) is 5.75 Å². The Bertz CT molecular complexity index is 648. The summed E-state index contributed by atoms with van der Waals surface area (Å²) in [5.41, 5.74) is 0.703. The Kier molecular flexibility index (Phi) is 5.56. The first kappa shape index (κ1) is 17.6. The van der Waals surface area contributed by atoms with E-state index in [1.807, 2.05) is 29.2 Å². The largest absolute Gasteiger partial charge is 0.488 e. The number of hydrogen-bond donors (Lipinski definition) is 0. The summed E-state index contributed by atoms with van der Waals surface area (Å²) in [6.45, 7) is 5.73. The van der Waals surface area contributed by atoms with E-state index in [-0.39, 0.29) is 12.0 Å². The van der Waals surface area contributed by atoms with Crippen LogP contribution in [0.1, 0.15) is 29.6 Å². The molecule has 5 nitrogen and oxygen atoms in total. The van der Waals surface area contributed by atoms with Gasteiger partial charge in [0.1, 0.15) is 11.9 Å². The molecule has 1 aromatic carbocycles. The van der Waals surface area contributed by atoms with Gasteiger partial charge in [0, 0.05) is 38.3 Å². The molecule has 1 aliphatic carbocycles. The molecule has 1 atom stereocenters. The number of allylic oxidation sites excluding steroid dienone is 2. The van der Waals surface area contributed by atoms with E-state index >= 15 is 0 Å². The van der Waals surface area contributed by atoms with E-state index in [1.165, 1.54) is 25.8 Å². The molecule has 4 rings (SSSR count). The van der Waals surface area contributed by atoms with E-state index in [2.05, 4.69) is 17.1 Å². The Morgan fingerprint density at radius 2 is 2.04 bits per heavy atom. The number of likely N-dealkylation sites (tertiary alicyclic amines) is 1. The van der Waals surface area contributed by atoms with Gasteiger partial charge in [-0.05, 0) is 43.4 Å². The van der Waals surface area contributed by atoms with Crippen LogP contribution in [-0.2, 0) is 4.74 Å². The number of carbonyl (C=O) groups excluding carboxylic acids is 1. The zero-order chi connectivity index (χ0) is 17.8. The van der Waals surface area contributed by atoms with Crippen molar-refractivity contribution in [2.24, 2.45) is 5.92 Å². The highest BCUT2D eigenvalue weighted by atomic mass is 16.5. The number of rotatable bonds is 5. The second-order valence-corrected chi connectivity index (χ2v) is 7.54. The Balaban J connectivity index is 1.26. The summed E-state index contributed by atoms with van der Waals surface area (Å²) in [5.74, 6) is 1.67. The molecule has 3 aliphatic rings. The summed E-state index contributed by atoms with van der Waals surface area (Å²) in [5, 5.41) is 0. The minimum Gasteiger partial charge on any atom is -0.488 e. The average molecular weight is 356 g/mol. The van der Waals surface area contributed by atoms with Crippen LogP contribution in [0.15, 0.2) is 36.4 Å². The van der Waals surface area contributed by atoms with Gasteiger partial charge in [-0.25, -0.2) is 0 Å². The first-order valence-corrected chi connectivity index (χ1v) is 9.79. The number of benzene rings is 1. The maximum atomic E-state index is 12.6. The van der Waals surface area contributed by atoms with Gasteiger partial charge in [-0.3, -0.25) is 9.69 Å². The van der Waals surface area contributed by atoms with Crippen molar-refractivity contribution in [1.29, 1.82) is 0 Å². The van der Waals surface area contributed by atoms with Gasteiger partial charge < -0.3 is 14.4 Å². The van der Waals surface area contributed by atoms with Crippen molar-refractivity contribution in [2.75, 3.05) is 45.9 Å². The van der Waals surface area contributed by atoms with Gasteiger partial charge in [0.2, 0.25) is 0 Å². The van der Waals surface area contributed by atoms with E-state index < -0.39 is 0 Å². The fourth-order valence-electron chi connectivity index (χ4n) is 3.98. The molecule has 0 saturated carbocycles. The van der Waals surface area contributed by atoms with Gasteiger partial charge in [0.05, 0.1) is 13.2 Å². The smallest absolute Gasteiger partial charge is 0.254 e. The van der Waals surface area contributed by atoms with Crippen molar-refractivity contribution in [2.45, 2.75) is 25.4 Å². The molecule has 5 heteroatoms. The van der Waals surface area contributed by atoms with Crippen molar-refractivity contribution in [3.8, 4) is 5.75 Å². The molecule has 26 heavy (non-hydrogen) atoms. The first-order valence-electron chi connectivity index (χ1n) is 9.79. The molecule has 0 bridgehead atoms. The van der Waals surface area contributed by atoms with E-state index in [9.17, 15) is 4.79 Å². The fraction of sp³-hybridized carbons (Fsp3) is 0.571. The van der Waals surface area contributed by atoms with Crippen LogP contribution in [0.3, 0.4) is 0 Å². The summed E-state index contributed by atoms with van der Waals surface area (Å²) in [7, 11) is 0. The second-order valence-electron chi connectivity index (χ2n) is 7.54. The lowest BCUT2D eigenvalue weighted by atomic mass is 9.93. The van der Waals surface area contributed by atoms with Crippen molar-refractivity contribution < 1.29 is 14.3 Å². The molecule has 0 radical (unpaired) electrons. The molecule has 140 valence electrons. The molecule has 0 spiro atoms. The highest BCUT2D eigenvalue weighted by Gasteiger charge is 2.30. The topological polar surface area (TPSA) is 42.0 Å². The normalized spacial score (nSPS) is 24.3. The number of amides is 1. The lowest BCUT2D eigenvalue weighted by Crippen LogP contribution is -2.55. The minimum atomic E-state index is 0.0688. The van der Waals surface area contributed by atoms with Crippen LogP contribution in [0, 0.1) is 5.92 Å². The summed E-state index contributed by atoms with van der Waals surface area (Å²) in [6, 6.07) is 7.61. The Hall–Kier alpha value is -1.85. The van der Waals surface area contributed by atoms with Gasteiger partial charge in [-0.1, -0.05) is 18.2 Å². The molecule has 2 aliphatic heterocycles. The highest BCUT2D eigenvalue weighted by Crippen LogP contribution is 2.24. The third-order valence-corrected chi connectivity index (χ3v) is 5.50. The maximum absolute atomic E-state index is 12.6.